The number of halogens is 3. The second-order valence-corrected chi connectivity index (χ2v) is 12.8. The van der Waals surface area contributed by atoms with E-state index < -0.39 is 45.3 Å². The summed E-state index contributed by atoms with van der Waals surface area (Å²) < 4.78 is 81.1. The zero-order valence-corrected chi connectivity index (χ0v) is 26.0. The van der Waals surface area contributed by atoms with E-state index in [-0.39, 0.29) is 17.0 Å². The van der Waals surface area contributed by atoms with Crippen molar-refractivity contribution in [1.29, 1.82) is 0 Å². The third kappa shape index (κ3) is 6.86. The van der Waals surface area contributed by atoms with Crippen LogP contribution in [0.2, 0.25) is 0 Å². The van der Waals surface area contributed by atoms with Gasteiger partial charge in [0.05, 0.1) is 29.9 Å². The summed E-state index contributed by atoms with van der Waals surface area (Å²) in [5, 5.41) is 6.54. The van der Waals surface area contributed by atoms with Crippen LogP contribution in [0.5, 0.6) is 5.75 Å². The smallest absolute Gasteiger partial charge is 0.416 e. The molecule has 4 aromatic rings. The van der Waals surface area contributed by atoms with Gasteiger partial charge in [0, 0.05) is 0 Å². The Kier molecular flexibility index (Phi) is 8.60. The number of sulfonamides is 1. The van der Waals surface area contributed by atoms with Crippen molar-refractivity contribution in [3.63, 3.8) is 0 Å². The third-order valence-electron chi connectivity index (χ3n) is 7.74. The molecule has 242 valence electrons. The maximum Gasteiger partial charge on any atom is 0.416 e. The highest BCUT2D eigenvalue weighted by molar-refractivity contribution is 7.89. The van der Waals surface area contributed by atoms with Crippen molar-refractivity contribution in [3.05, 3.63) is 89.1 Å². The number of amides is 2. The summed E-state index contributed by atoms with van der Waals surface area (Å²) in [6.45, 7) is 3.06. The van der Waals surface area contributed by atoms with Crippen LogP contribution in [0.15, 0.2) is 71.3 Å². The predicted molar refractivity (Wildman–Crippen MR) is 163 cm³/mol. The third-order valence-corrected chi connectivity index (χ3v) is 8.29. The molecule has 0 bridgehead atoms. The van der Waals surface area contributed by atoms with E-state index >= 15 is 0 Å². The van der Waals surface area contributed by atoms with Crippen molar-refractivity contribution in [2.75, 3.05) is 18.7 Å². The van der Waals surface area contributed by atoms with Crippen LogP contribution in [0, 0.1) is 6.92 Å². The Morgan fingerprint density at radius 2 is 1.70 bits per heavy atom. The molecule has 2 N–H and O–H groups in total. The standard InChI is InChI=1S/C32H30F3N3O7S/c1-18-27(36-30(40)44-19(2)21-6-5-7-24(16-21)32(33,34)35)28(45-37-18)25-13-10-22(17-26(25)43-3)20-8-11-23(12-9-20)31(14-15-31)29(39)38-46(4,41)42/h5-13,16-17,19H,14-15H2,1-4H3,(H,36,40)(H,38,39). The van der Waals surface area contributed by atoms with Gasteiger partial charge in [-0.25, -0.2) is 13.2 Å². The summed E-state index contributed by atoms with van der Waals surface area (Å²) >= 11 is 0. The fraction of sp³-hybridized carbons (Fsp3) is 0.281. The van der Waals surface area contributed by atoms with Gasteiger partial charge in [0.1, 0.15) is 23.2 Å². The molecule has 2 amide bonds. The Morgan fingerprint density at radius 3 is 2.30 bits per heavy atom. The van der Waals surface area contributed by atoms with E-state index in [1.165, 1.54) is 26.2 Å². The number of carbonyl (C=O) groups is 2. The first-order valence-corrected chi connectivity index (χ1v) is 15.9. The van der Waals surface area contributed by atoms with E-state index in [1.54, 1.807) is 37.3 Å². The lowest BCUT2D eigenvalue weighted by atomic mass is 9.93. The first kappa shape index (κ1) is 32.5. The highest BCUT2D eigenvalue weighted by Crippen LogP contribution is 2.49. The van der Waals surface area contributed by atoms with Gasteiger partial charge in [0.2, 0.25) is 15.9 Å². The van der Waals surface area contributed by atoms with Crippen molar-refractivity contribution in [2.45, 2.75) is 44.4 Å². The average Bonchev–Trinajstić information content (AvgIpc) is 3.74. The first-order chi connectivity index (χ1) is 21.6. The van der Waals surface area contributed by atoms with Crippen LogP contribution in [0.3, 0.4) is 0 Å². The molecular formula is C32H30F3N3O7S. The molecule has 0 spiro atoms. The number of nitrogens with one attached hydrogen (secondary N) is 2. The number of nitrogens with zero attached hydrogens (tertiary/aromatic N) is 1. The highest BCUT2D eigenvalue weighted by Gasteiger charge is 2.52. The van der Waals surface area contributed by atoms with E-state index in [0.29, 0.717) is 35.4 Å². The van der Waals surface area contributed by atoms with Crippen LogP contribution in [0.4, 0.5) is 23.7 Å². The van der Waals surface area contributed by atoms with Crippen molar-refractivity contribution in [2.24, 2.45) is 0 Å². The fourth-order valence-electron chi connectivity index (χ4n) is 5.11. The van der Waals surface area contributed by atoms with Gasteiger partial charge in [-0.3, -0.25) is 14.8 Å². The quantitative estimate of drug-likeness (QED) is 0.202. The fourth-order valence-corrected chi connectivity index (χ4v) is 5.64. The Bertz CT molecular complexity index is 1900. The Morgan fingerprint density at radius 1 is 1.02 bits per heavy atom. The van der Waals surface area contributed by atoms with Crippen LogP contribution in [-0.2, 0) is 31.1 Å². The van der Waals surface area contributed by atoms with Gasteiger partial charge in [0.15, 0.2) is 5.76 Å². The molecule has 0 radical (unpaired) electrons. The first-order valence-electron chi connectivity index (χ1n) is 14.0. The van der Waals surface area contributed by atoms with Gasteiger partial charge in [-0.2, -0.15) is 13.2 Å². The summed E-state index contributed by atoms with van der Waals surface area (Å²) in [5.74, 6) is 0.0136. The Hall–Kier alpha value is -4.85. The lowest BCUT2D eigenvalue weighted by Gasteiger charge is -2.16. The molecule has 1 aliphatic carbocycles. The van der Waals surface area contributed by atoms with Gasteiger partial charge in [-0.05, 0) is 73.2 Å². The van der Waals surface area contributed by atoms with Crippen LogP contribution in [0.1, 0.15) is 48.3 Å². The predicted octanol–water partition coefficient (Wildman–Crippen LogP) is 6.76. The van der Waals surface area contributed by atoms with Crippen molar-refractivity contribution >= 4 is 27.7 Å². The molecule has 46 heavy (non-hydrogen) atoms. The molecule has 1 aliphatic rings. The molecule has 0 aliphatic heterocycles. The molecule has 1 aromatic heterocycles. The lowest BCUT2D eigenvalue weighted by molar-refractivity contribution is -0.137. The van der Waals surface area contributed by atoms with Gasteiger partial charge in [0.25, 0.3) is 0 Å². The average molecular weight is 658 g/mol. The van der Waals surface area contributed by atoms with Crippen LogP contribution >= 0.6 is 0 Å². The number of hydrogen-bond donors (Lipinski definition) is 2. The number of aromatic nitrogens is 1. The summed E-state index contributed by atoms with van der Waals surface area (Å²) in [7, 11) is -2.22. The van der Waals surface area contributed by atoms with E-state index in [4.69, 9.17) is 14.0 Å². The molecule has 14 heteroatoms. The van der Waals surface area contributed by atoms with Crippen molar-refractivity contribution in [3.8, 4) is 28.2 Å². The summed E-state index contributed by atoms with van der Waals surface area (Å²) in [6, 6.07) is 17.0. The second-order valence-electron chi connectivity index (χ2n) is 11.0. The second kappa shape index (κ2) is 12.2. The Balaban J connectivity index is 1.34. The SMILES string of the molecule is COc1cc(-c2ccc(C3(C(=O)NS(C)(=O)=O)CC3)cc2)ccc1-c1onc(C)c1NC(=O)OC(C)c1cccc(C(F)(F)F)c1. The zero-order valence-electron chi connectivity index (χ0n) is 25.2. The van der Waals surface area contributed by atoms with Crippen LogP contribution < -0.4 is 14.8 Å². The number of carbonyl (C=O) groups excluding carboxylic acids is 2. The van der Waals surface area contributed by atoms with E-state index in [0.717, 1.165) is 29.5 Å². The molecule has 0 saturated heterocycles. The molecular weight excluding hydrogens is 627 g/mol. The monoisotopic (exact) mass is 657 g/mol. The molecule has 10 nitrogen and oxygen atoms in total. The number of benzene rings is 3. The van der Waals surface area contributed by atoms with E-state index in [2.05, 4.69) is 15.2 Å². The van der Waals surface area contributed by atoms with Gasteiger partial charge < -0.3 is 14.0 Å². The lowest BCUT2D eigenvalue weighted by Crippen LogP contribution is -2.38. The minimum atomic E-state index is -4.54. The van der Waals surface area contributed by atoms with Crippen LogP contribution in [0.25, 0.3) is 22.5 Å². The topological polar surface area (TPSA) is 137 Å². The summed E-state index contributed by atoms with van der Waals surface area (Å²) in [6.07, 6.45) is -4.43. The minimum absolute atomic E-state index is 0.169. The van der Waals surface area contributed by atoms with Gasteiger partial charge >= 0.3 is 12.3 Å². The van der Waals surface area contributed by atoms with Crippen molar-refractivity contribution in [1.82, 2.24) is 9.88 Å². The molecule has 1 heterocycles. The summed E-state index contributed by atoms with van der Waals surface area (Å²) in [5.41, 5.74) is 1.69. The maximum atomic E-state index is 13.1. The number of aryl methyl sites for hydroxylation is 1. The van der Waals surface area contributed by atoms with Gasteiger partial charge in [-0.15, -0.1) is 0 Å². The molecule has 5 rings (SSSR count). The van der Waals surface area contributed by atoms with E-state index in [9.17, 15) is 31.2 Å². The van der Waals surface area contributed by atoms with Gasteiger partial charge in [-0.1, -0.05) is 47.6 Å². The number of methoxy groups -OCH3 is 1. The molecule has 1 atom stereocenters. The number of rotatable bonds is 9. The number of alkyl halides is 3. The number of hydrogen-bond acceptors (Lipinski definition) is 8. The largest absolute Gasteiger partial charge is 0.496 e. The molecule has 1 fully saturated rings. The molecule has 1 saturated carbocycles. The highest BCUT2D eigenvalue weighted by atomic mass is 32.2. The number of ether oxygens (including phenoxy) is 2. The zero-order chi connectivity index (χ0) is 33.4. The minimum Gasteiger partial charge on any atom is -0.496 e. The summed E-state index contributed by atoms with van der Waals surface area (Å²) in [4.78, 5) is 25.4. The molecule has 3 aromatic carbocycles. The number of anilines is 1. The van der Waals surface area contributed by atoms with E-state index in [1.807, 2.05) is 12.1 Å². The normalized spacial score (nSPS) is 14.7. The Labute approximate surface area is 262 Å². The van der Waals surface area contributed by atoms with Crippen molar-refractivity contribution < 1.29 is 45.2 Å². The molecule has 1 unspecified atom stereocenters. The maximum absolute atomic E-state index is 13.1. The van der Waals surface area contributed by atoms with Crippen LogP contribution in [-0.4, -0.2) is 38.9 Å².